The lowest BCUT2D eigenvalue weighted by Gasteiger charge is -2.09. The third-order valence-electron chi connectivity index (χ3n) is 1.82. The highest BCUT2D eigenvalue weighted by Crippen LogP contribution is 2.32. The van der Waals surface area contributed by atoms with E-state index >= 15 is 0 Å². The first-order chi connectivity index (χ1) is 7.66. The summed E-state index contributed by atoms with van der Waals surface area (Å²) in [5.74, 6) is 0.597. The second kappa shape index (κ2) is 5.12. The summed E-state index contributed by atoms with van der Waals surface area (Å²) >= 11 is 12.7. The minimum absolute atomic E-state index is 0.355. The zero-order valence-electron chi connectivity index (χ0n) is 7.92. The molecule has 0 saturated heterocycles. The van der Waals surface area contributed by atoms with Crippen LogP contribution in [0.15, 0.2) is 39.5 Å². The van der Waals surface area contributed by atoms with Gasteiger partial charge in [-0.05, 0) is 44.0 Å². The van der Waals surface area contributed by atoms with Gasteiger partial charge in [-0.1, -0.05) is 17.7 Å². The van der Waals surface area contributed by atoms with Gasteiger partial charge in [0.1, 0.15) is 5.15 Å². The van der Waals surface area contributed by atoms with E-state index < -0.39 is 0 Å². The molecule has 0 unspecified atom stereocenters. The molecule has 0 spiro atoms. The Bertz CT molecular complexity index is 499. The average Bonchev–Trinajstić information content (AvgIpc) is 2.24. The number of hydrogen-bond acceptors (Lipinski definition) is 3. The molecule has 0 fully saturated rings. The van der Waals surface area contributed by atoms with Crippen LogP contribution in [0.3, 0.4) is 0 Å². The monoisotopic (exact) mass is 361 g/mol. The van der Waals surface area contributed by atoms with E-state index in [0.29, 0.717) is 11.0 Å². The number of nitrogens with zero attached hydrogens (tertiary/aromatic N) is 2. The number of anilines is 2. The van der Waals surface area contributed by atoms with Crippen molar-refractivity contribution in [2.45, 2.75) is 0 Å². The van der Waals surface area contributed by atoms with E-state index in [4.69, 9.17) is 11.6 Å². The van der Waals surface area contributed by atoms with Crippen molar-refractivity contribution in [1.82, 2.24) is 9.97 Å². The summed E-state index contributed by atoms with van der Waals surface area (Å²) in [6, 6.07) is 5.80. The van der Waals surface area contributed by atoms with Gasteiger partial charge in [0.05, 0.1) is 18.1 Å². The van der Waals surface area contributed by atoms with E-state index in [1.165, 1.54) is 6.20 Å². The summed E-state index contributed by atoms with van der Waals surface area (Å²) in [5.41, 5.74) is 0.888. The normalized spacial score (nSPS) is 10.2. The summed E-state index contributed by atoms with van der Waals surface area (Å²) < 4.78 is 1.87. The zero-order valence-corrected chi connectivity index (χ0v) is 11.8. The molecule has 0 radical (unpaired) electrons. The molecule has 1 heterocycles. The lowest BCUT2D eigenvalue weighted by atomic mass is 10.3. The number of rotatable bonds is 2. The van der Waals surface area contributed by atoms with Crippen LogP contribution in [-0.4, -0.2) is 9.97 Å². The van der Waals surface area contributed by atoms with Crippen molar-refractivity contribution in [3.8, 4) is 0 Å². The summed E-state index contributed by atoms with van der Waals surface area (Å²) in [6.07, 6.45) is 3.10. The number of benzene rings is 1. The topological polar surface area (TPSA) is 37.8 Å². The Morgan fingerprint density at radius 2 is 1.81 bits per heavy atom. The van der Waals surface area contributed by atoms with Crippen molar-refractivity contribution in [1.29, 1.82) is 0 Å². The van der Waals surface area contributed by atoms with Crippen molar-refractivity contribution in [2.24, 2.45) is 0 Å². The van der Waals surface area contributed by atoms with E-state index in [-0.39, 0.29) is 0 Å². The third-order valence-corrected chi connectivity index (χ3v) is 3.32. The van der Waals surface area contributed by atoms with Crippen LogP contribution < -0.4 is 5.32 Å². The van der Waals surface area contributed by atoms with Gasteiger partial charge in [-0.25, -0.2) is 4.98 Å². The standard InChI is InChI=1S/C10H6Br2ClN3/c11-6-2-1-3-7(12)10(6)16-9-5-14-4-8(13)15-9/h1-5H,(H,15,16). The molecule has 2 rings (SSSR count). The van der Waals surface area contributed by atoms with E-state index in [2.05, 4.69) is 47.1 Å². The SMILES string of the molecule is Clc1cncc(Nc2c(Br)cccc2Br)n1. The Kier molecular flexibility index (Phi) is 3.78. The fourth-order valence-corrected chi connectivity index (χ4v) is 2.49. The van der Waals surface area contributed by atoms with Crippen LogP contribution in [0.5, 0.6) is 0 Å². The molecular formula is C10H6Br2ClN3. The summed E-state index contributed by atoms with van der Waals surface area (Å²) in [5, 5.41) is 3.48. The van der Waals surface area contributed by atoms with Gasteiger partial charge in [-0.2, -0.15) is 0 Å². The van der Waals surface area contributed by atoms with Gasteiger partial charge in [-0.15, -0.1) is 0 Å². The van der Waals surface area contributed by atoms with Crippen molar-refractivity contribution in [2.75, 3.05) is 5.32 Å². The van der Waals surface area contributed by atoms with Crippen LogP contribution in [0.4, 0.5) is 11.5 Å². The van der Waals surface area contributed by atoms with E-state index in [0.717, 1.165) is 14.6 Å². The van der Waals surface area contributed by atoms with Crippen LogP contribution in [0, 0.1) is 0 Å². The van der Waals surface area contributed by atoms with Gasteiger partial charge < -0.3 is 5.32 Å². The number of aromatic nitrogens is 2. The molecule has 1 aromatic heterocycles. The minimum Gasteiger partial charge on any atom is -0.337 e. The molecule has 0 amide bonds. The highest BCUT2D eigenvalue weighted by molar-refractivity contribution is 9.11. The first kappa shape index (κ1) is 11.8. The van der Waals surface area contributed by atoms with Gasteiger partial charge in [0, 0.05) is 8.95 Å². The largest absolute Gasteiger partial charge is 0.337 e. The molecule has 0 atom stereocenters. The lowest BCUT2D eigenvalue weighted by Crippen LogP contribution is -1.96. The number of nitrogens with one attached hydrogen (secondary N) is 1. The minimum atomic E-state index is 0.355. The quantitative estimate of drug-likeness (QED) is 0.859. The first-order valence-corrected chi connectivity index (χ1v) is 6.32. The number of halogens is 3. The van der Waals surface area contributed by atoms with Gasteiger partial charge in [-0.3, -0.25) is 4.98 Å². The maximum atomic E-state index is 5.75. The predicted molar refractivity (Wildman–Crippen MR) is 72.2 cm³/mol. The Morgan fingerprint density at radius 3 is 2.44 bits per heavy atom. The second-order valence-electron chi connectivity index (χ2n) is 2.95. The fourth-order valence-electron chi connectivity index (χ4n) is 1.15. The Balaban J connectivity index is 2.34. The molecule has 82 valence electrons. The molecule has 6 heteroatoms. The highest BCUT2D eigenvalue weighted by Gasteiger charge is 2.05. The van der Waals surface area contributed by atoms with Gasteiger partial charge >= 0.3 is 0 Å². The Morgan fingerprint density at radius 1 is 1.12 bits per heavy atom. The van der Waals surface area contributed by atoms with E-state index in [1.54, 1.807) is 6.20 Å². The molecule has 0 saturated carbocycles. The van der Waals surface area contributed by atoms with Crippen molar-refractivity contribution < 1.29 is 0 Å². The number of para-hydroxylation sites is 1. The van der Waals surface area contributed by atoms with Crippen LogP contribution in [-0.2, 0) is 0 Å². The molecule has 3 nitrogen and oxygen atoms in total. The van der Waals surface area contributed by atoms with Crippen molar-refractivity contribution >= 4 is 55.0 Å². The maximum absolute atomic E-state index is 5.75. The zero-order chi connectivity index (χ0) is 11.5. The van der Waals surface area contributed by atoms with Crippen LogP contribution in [0.1, 0.15) is 0 Å². The molecule has 0 aliphatic heterocycles. The summed E-state index contributed by atoms with van der Waals surface area (Å²) in [4.78, 5) is 8.05. The fraction of sp³-hybridized carbons (Fsp3) is 0. The van der Waals surface area contributed by atoms with Crippen LogP contribution in [0.2, 0.25) is 5.15 Å². The molecule has 0 aliphatic carbocycles. The van der Waals surface area contributed by atoms with Crippen LogP contribution in [0.25, 0.3) is 0 Å². The highest BCUT2D eigenvalue weighted by atomic mass is 79.9. The van der Waals surface area contributed by atoms with Crippen molar-refractivity contribution in [3.05, 3.63) is 44.7 Å². The smallest absolute Gasteiger partial charge is 0.150 e. The van der Waals surface area contributed by atoms with Gasteiger partial charge in [0.15, 0.2) is 5.82 Å². The Hall–Kier alpha value is -0.650. The van der Waals surface area contributed by atoms with E-state index in [9.17, 15) is 0 Å². The van der Waals surface area contributed by atoms with Crippen molar-refractivity contribution in [3.63, 3.8) is 0 Å². The molecular weight excluding hydrogens is 357 g/mol. The molecule has 0 bridgehead atoms. The molecule has 1 aromatic carbocycles. The number of hydrogen-bond donors (Lipinski definition) is 1. The van der Waals surface area contributed by atoms with Crippen LogP contribution >= 0.6 is 43.5 Å². The molecule has 16 heavy (non-hydrogen) atoms. The summed E-state index contributed by atoms with van der Waals surface area (Å²) in [6.45, 7) is 0. The Labute approximate surface area is 115 Å². The first-order valence-electron chi connectivity index (χ1n) is 4.35. The second-order valence-corrected chi connectivity index (χ2v) is 5.04. The molecule has 0 aliphatic rings. The van der Waals surface area contributed by atoms with Gasteiger partial charge in [0.25, 0.3) is 0 Å². The molecule has 2 aromatic rings. The predicted octanol–water partition coefficient (Wildman–Crippen LogP) is 4.40. The van der Waals surface area contributed by atoms with E-state index in [1.807, 2.05) is 18.2 Å². The lowest BCUT2D eigenvalue weighted by molar-refractivity contribution is 1.20. The summed E-state index contributed by atoms with van der Waals surface area (Å²) in [7, 11) is 0. The maximum Gasteiger partial charge on any atom is 0.150 e. The molecule has 1 N–H and O–H groups in total. The van der Waals surface area contributed by atoms with Gasteiger partial charge in [0.2, 0.25) is 0 Å². The third kappa shape index (κ3) is 2.72. The average molecular weight is 363 g/mol.